The number of pyridine rings is 1. The van der Waals surface area contributed by atoms with Crippen molar-refractivity contribution in [3.63, 3.8) is 0 Å². The minimum Gasteiger partial charge on any atom is -0.475 e. The van der Waals surface area contributed by atoms with Gasteiger partial charge in [-0.2, -0.15) is 17.5 Å². The van der Waals surface area contributed by atoms with Crippen LogP contribution < -0.4 is 4.74 Å². The molecule has 3 heterocycles. The summed E-state index contributed by atoms with van der Waals surface area (Å²) in [5.41, 5.74) is -0.531. The lowest BCUT2D eigenvalue weighted by Gasteiger charge is -2.38. The Morgan fingerprint density at radius 2 is 2.10 bits per heavy atom. The highest BCUT2D eigenvalue weighted by Crippen LogP contribution is 2.36. The summed E-state index contributed by atoms with van der Waals surface area (Å²) < 4.78 is 81.6. The maximum Gasteiger partial charge on any atom is 0.490 e. The number of carbonyl (C=O) groups is 1. The molecule has 0 aliphatic carbocycles. The van der Waals surface area contributed by atoms with E-state index >= 15 is 0 Å². The van der Waals surface area contributed by atoms with Gasteiger partial charge in [0, 0.05) is 25.7 Å². The molecule has 1 N–H and O–H groups in total. The highest BCUT2D eigenvalue weighted by atomic mass is 32.2. The van der Waals surface area contributed by atoms with E-state index in [4.69, 9.17) is 19.4 Å². The molecule has 0 unspecified atom stereocenters. The van der Waals surface area contributed by atoms with E-state index in [0.29, 0.717) is 26.1 Å². The van der Waals surface area contributed by atoms with Gasteiger partial charge in [-0.05, 0) is 25.0 Å². The maximum absolute atomic E-state index is 13.6. The minimum atomic E-state index is -5.08. The lowest BCUT2D eigenvalue weighted by Crippen LogP contribution is -2.49. The van der Waals surface area contributed by atoms with Gasteiger partial charge in [-0.25, -0.2) is 22.6 Å². The van der Waals surface area contributed by atoms with Crippen molar-refractivity contribution < 1.29 is 45.4 Å². The number of carboxylic acids is 1. The quantitative estimate of drug-likeness (QED) is 0.709. The molecule has 2 fully saturated rings. The molecule has 2 atom stereocenters. The van der Waals surface area contributed by atoms with Crippen LogP contribution in [0.25, 0.3) is 0 Å². The van der Waals surface area contributed by atoms with Gasteiger partial charge in [-0.1, -0.05) is 0 Å². The molecule has 164 valence electrons. The third kappa shape index (κ3) is 6.51. The molecule has 2 aliphatic rings. The number of hydrogen-bond donors (Lipinski definition) is 1. The topological polar surface area (TPSA) is 106 Å². The molecule has 1 aromatic heterocycles. The molecule has 0 saturated carbocycles. The van der Waals surface area contributed by atoms with Crippen LogP contribution in [0.2, 0.25) is 0 Å². The van der Waals surface area contributed by atoms with Crippen molar-refractivity contribution >= 4 is 16.0 Å². The van der Waals surface area contributed by atoms with Gasteiger partial charge in [-0.15, -0.1) is 0 Å². The van der Waals surface area contributed by atoms with Crippen LogP contribution in [0.4, 0.5) is 17.6 Å². The summed E-state index contributed by atoms with van der Waals surface area (Å²) in [4.78, 5) is 12.8. The zero-order valence-corrected chi connectivity index (χ0v) is 16.2. The Hall–Kier alpha value is -1.99. The predicted octanol–water partition coefficient (Wildman–Crippen LogP) is 1.82. The van der Waals surface area contributed by atoms with Crippen molar-refractivity contribution in [2.75, 3.05) is 26.0 Å². The first-order chi connectivity index (χ1) is 13.3. The van der Waals surface area contributed by atoms with Crippen LogP contribution in [0.15, 0.2) is 18.3 Å². The number of piperidine rings is 1. The monoisotopic (exact) mass is 444 g/mol. The summed E-state index contributed by atoms with van der Waals surface area (Å²) in [6, 6.07) is 2.79. The number of aliphatic carboxylic acids is 1. The van der Waals surface area contributed by atoms with E-state index in [1.807, 2.05) is 0 Å². The summed E-state index contributed by atoms with van der Waals surface area (Å²) in [6.07, 6.45) is -0.659. The van der Waals surface area contributed by atoms with E-state index in [0.717, 1.165) is 12.8 Å². The molecule has 13 heteroatoms. The number of alkyl halides is 3. The molecule has 1 aromatic rings. The Morgan fingerprint density at radius 1 is 1.45 bits per heavy atom. The van der Waals surface area contributed by atoms with Gasteiger partial charge in [0.05, 0.1) is 18.5 Å². The third-order valence-electron chi connectivity index (χ3n) is 4.39. The van der Waals surface area contributed by atoms with Crippen molar-refractivity contribution in [3.05, 3.63) is 24.1 Å². The molecular weight excluding hydrogens is 424 g/mol. The molecule has 0 bridgehead atoms. The number of carboxylic acid groups (broad SMARTS) is 1. The van der Waals surface area contributed by atoms with Gasteiger partial charge in [0.25, 0.3) is 5.88 Å². The van der Waals surface area contributed by atoms with Crippen LogP contribution in [0.5, 0.6) is 5.88 Å². The normalized spacial score (nSPS) is 25.3. The molecule has 2 aliphatic heterocycles. The molecule has 0 radical (unpaired) electrons. The van der Waals surface area contributed by atoms with Crippen LogP contribution in [0.1, 0.15) is 19.3 Å². The van der Waals surface area contributed by atoms with Gasteiger partial charge in [0.2, 0.25) is 10.0 Å². The van der Waals surface area contributed by atoms with Crippen LogP contribution in [0, 0.1) is 5.82 Å². The van der Waals surface area contributed by atoms with Crippen molar-refractivity contribution in [2.45, 2.75) is 37.1 Å². The Labute approximate surface area is 164 Å². The zero-order chi connectivity index (χ0) is 21.9. The molecule has 1 spiro atoms. The minimum absolute atomic E-state index is 0.0380. The van der Waals surface area contributed by atoms with Crippen molar-refractivity contribution in [1.29, 1.82) is 0 Å². The lowest BCUT2D eigenvalue weighted by atomic mass is 9.90. The second-order valence-electron chi connectivity index (χ2n) is 6.73. The Morgan fingerprint density at radius 3 is 2.66 bits per heavy atom. The molecule has 2 saturated heterocycles. The number of ether oxygens (including phenoxy) is 2. The van der Waals surface area contributed by atoms with Gasteiger partial charge >= 0.3 is 12.1 Å². The Balaban J connectivity index is 0.000000370. The fourth-order valence-electron chi connectivity index (χ4n) is 3.12. The summed E-state index contributed by atoms with van der Waals surface area (Å²) in [5, 5.41) is 7.12. The van der Waals surface area contributed by atoms with E-state index in [2.05, 4.69) is 4.98 Å². The lowest BCUT2D eigenvalue weighted by molar-refractivity contribution is -0.192. The number of aromatic nitrogens is 1. The van der Waals surface area contributed by atoms with Crippen LogP contribution in [0.3, 0.4) is 0 Å². The predicted molar refractivity (Wildman–Crippen MR) is 91.3 cm³/mol. The van der Waals surface area contributed by atoms with E-state index in [9.17, 15) is 26.0 Å². The first kappa shape index (κ1) is 23.3. The fourth-order valence-corrected chi connectivity index (χ4v) is 4.05. The number of hydrogen-bond acceptors (Lipinski definition) is 6. The first-order valence-corrected chi connectivity index (χ1v) is 10.3. The third-order valence-corrected chi connectivity index (χ3v) is 5.64. The number of rotatable bonds is 3. The molecule has 3 rings (SSSR count). The summed E-state index contributed by atoms with van der Waals surface area (Å²) >= 11 is 0. The van der Waals surface area contributed by atoms with Crippen molar-refractivity contribution in [3.8, 4) is 5.88 Å². The Kier molecular flexibility index (Phi) is 7.06. The van der Waals surface area contributed by atoms with Crippen LogP contribution in [-0.4, -0.2) is 72.6 Å². The smallest absolute Gasteiger partial charge is 0.475 e. The van der Waals surface area contributed by atoms with E-state index in [-0.39, 0.29) is 12.0 Å². The average molecular weight is 444 g/mol. The number of nitrogens with zero attached hydrogens (tertiary/aromatic N) is 2. The molecule has 8 nitrogen and oxygen atoms in total. The van der Waals surface area contributed by atoms with Gasteiger partial charge in [-0.3, -0.25) is 0 Å². The SMILES string of the molecule is CS(=O)(=O)N1CCC[C@]2(C[C@H](Oc3ncccc3F)CO2)C1.O=C(O)C(F)(F)F. The van der Waals surface area contributed by atoms with E-state index in [1.165, 1.54) is 28.9 Å². The summed E-state index contributed by atoms with van der Waals surface area (Å²) in [6.45, 7) is 1.16. The Bertz CT molecular complexity index is 835. The molecule has 0 amide bonds. The number of sulfonamides is 1. The molecular formula is C16H20F4N2O6S. The fraction of sp³-hybridized carbons (Fsp3) is 0.625. The molecule has 0 aromatic carbocycles. The molecule has 29 heavy (non-hydrogen) atoms. The second-order valence-corrected chi connectivity index (χ2v) is 8.71. The highest BCUT2D eigenvalue weighted by molar-refractivity contribution is 7.88. The van der Waals surface area contributed by atoms with E-state index in [1.54, 1.807) is 0 Å². The highest BCUT2D eigenvalue weighted by Gasteiger charge is 2.46. The largest absolute Gasteiger partial charge is 0.490 e. The maximum atomic E-state index is 13.6. The zero-order valence-electron chi connectivity index (χ0n) is 15.4. The van der Waals surface area contributed by atoms with Gasteiger partial charge < -0.3 is 14.6 Å². The second kappa shape index (κ2) is 8.79. The summed E-state index contributed by atoms with van der Waals surface area (Å²) in [7, 11) is -3.23. The average Bonchev–Trinajstić information content (AvgIpc) is 2.98. The van der Waals surface area contributed by atoms with Crippen molar-refractivity contribution in [2.24, 2.45) is 0 Å². The van der Waals surface area contributed by atoms with Crippen LogP contribution >= 0.6 is 0 Å². The van der Waals surface area contributed by atoms with Gasteiger partial charge in [0.15, 0.2) is 5.82 Å². The van der Waals surface area contributed by atoms with Gasteiger partial charge in [0.1, 0.15) is 6.10 Å². The summed E-state index contributed by atoms with van der Waals surface area (Å²) in [5.74, 6) is -3.30. The van der Waals surface area contributed by atoms with Crippen molar-refractivity contribution in [1.82, 2.24) is 9.29 Å². The first-order valence-electron chi connectivity index (χ1n) is 8.49. The number of halogens is 4. The van der Waals surface area contributed by atoms with Crippen LogP contribution in [-0.2, 0) is 19.6 Å². The standard InChI is InChI=1S/C14H19FN2O4S.C2HF3O2/c1-22(18,19)17-7-3-5-14(10-17)8-11(9-20-14)21-13-12(15)4-2-6-16-13;3-2(4,5)1(6)7/h2,4,6,11H,3,5,7-10H2,1H3;(H,6,7)/t11-,14-;/m0./s1. The van der Waals surface area contributed by atoms with E-state index < -0.39 is 33.6 Å².